The number of unbranched alkanes of at least 4 members (excludes halogenated alkanes) is 12. The van der Waals surface area contributed by atoms with Gasteiger partial charge in [-0.2, -0.15) is 8.42 Å². The third kappa shape index (κ3) is 17.9. The van der Waals surface area contributed by atoms with Crippen LogP contribution in [0.5, 0.6) is 34.5 Å². The molecule has 0 spiro atoms. The standard InChI is InChI=1S/2C21H28O5S.Ca/c2*1-2-3-4-5-6-7-8-10-19-20(22)11-9-12-21(19)26-17-13-15-18(16-14-17)27(23,24)25;/h2*9,11-16,22H,2-8,10H2,1H3,(H,23,24,25);/q;;+2/p-2. The van der Waals surface area contributed by atoms with Crippen molar-refractivity contribution in [2.24, 2.45) is 0 Å². The molecule has 4 rings (SSSR count). The second-order valence-corrected chi connectivity index (χ2v) is 16.1. The van der Waals surface area contributed by atoms with Gasteiger partial charge in [0.15, 0.2) is 0 Å². The number of phenolic OH excluding ortho intramolecular Hbond substituents is 1. The predicted octanol–water partition coefficient (Wildman–Crippen LogP) is 10.1. The molecule has 0 aliphatic rings. The number of aromatic hydroxyl groups is 1. The third-order valence-electron chi connectivity index (χ3n) is 8.95. The molecule has 0 radical (unpaired) electrons. The Bertz CT molecular complexity index is 1770. The SMILES string of the molecule is CCCCCCCCCc1c(O)cccc1Oc1ccc(S(=O)(=O)O)cc1.CCCCCCCCCc1c([O-])cccc1Oc1ccc(S(=O)(=O)[O-])cc1.[Ca+2]. The summed E-state index contributed by atoms with van der Waals surface area (Å²) < 4.78 is 75.8. The zero-order chi connectivity index (χ0) is 39.4. The van der Waals surface area contributed by atoms with Gasteiger partial charge >= 0.3 is 37.7 Å². The fourth-order valence-electron chi connectivity index (χ4n) is 5.91. The Morgan fingerprint density at radius 1 is 0.545 bits per heavy atom. The van der Waals surface area contributed by atoms with Crippen molar-refractivity contribution < 1.29 is 45.6 Å². The van der Waals surface area contributed by atoms with E-state index in [4.69, 9.17) is 14.0 Å². The molecule has 0 saturated carbocycles. The topological polar surface area (TPSA) is 173 Å². The van der Waals surface area contributed by atoms with Gasteiger partial charge in [-0.3, -0.25) is 4.55 Å². The summed E-state index contributed by atoms with van der Waals surface area (Å²) in [4.78, 5) is -0.496. The smallest absolute Gasteiger partial charge is 0.872 e. The molecule has 0 aliphatic carbocycles. The first kappa shape index (κ1) is 48.3. The summed E-state index contributed by atoms with van der Waals surface area (Å²) in [6, 6.07) is 20.8. The number of hydrogen-bond acceptors (Lipinski definition) is 9. The van der Waals surface area contributed by atoms with Crippen LogP contribution in [0.4, 0.5) is 0 Å². The van der Waals surface area contributed by atoms with Crippen LogP contribution in [-0.2, 0) is 33.1 Å². The first-order chi connectivity index (χ1) is 25.8. The van der Waals surface area contributed by atoms with Crippen molar-refractivity contribution in [3.63, 3.8) is 0 Å². The van der Waals surface area contributed by atoms with Crippen LogP contribution in [-0.4, -0.2) is 68.8 Å². The Hall–Kier alpha value is -2.84. The van der Waals surface area contributed by atoms with E-state index < -0.39 is 20.2 Å². The molecular formula is C42H54CaO10S2. The molecule has 4 aromatic carbocycles. The average Bonchev–Trinajstić information content (AvgIpc) is 3.13. The van der Waals surface area contributed by atoms with Crippen LogP contribution >= 0.6 is 0 Å². The molecule has 0 aromatic heterocycles. The maximum Gasteiger partial charge on any atom is 2.00 e. The Morgan fingerprint density at radius 2 is 0.945 bits per heavy atom. The van der Waals surface area contributed by atoms with Crippen LogP contribution in [0.1, 0.15) is 115 Å². The van der Waals surface area contributed by atoms with Gasteiger partial charge in [0.05, 0.1) is 9.79 Å². The minimum atomic E-state index is -4.49. The molecule has 0 heterocycles. The number of hydrogen-bond donors (Lipinski definition) is 2. The number of benzene rings is 4. The molecule has 55 heavy (non-hydrogen) atoms. The molecular weight excluding hydrogens is 769 g/mol. The summed E-state index contributed by atoms with van der Waals surface area (Å²) in [6.07, 6.45) is 17.9. The Labute approximate surface area is 357 Å². The van der Waals surface area contributed by atoms with E-state index >= 15 is 0 Å². The monoisotopic (exact) mass is 822 g/mol. The van der Waals surface area contributed by atoms with Gasteiger partial charge in [-0.15, -0.1) is 5.75 Å². The van der Waals surface area contributed by atoms with Crippen LogP contribution in [0.2, 0.25) is 0 Å². The van der Waals surface area contributed by atoms with Crippen molar-refractivity contribution in [1.29, 1.82) is 0 Å². The molecule has 0 saturated heterocycles. The van der Waals surface area contributed by atoms with E-state index in [9.17, 15) is 31.6 Å². The van der Waals surface area contributed by atoms with E-state index in [1.165, 1.54) is 119 Å². The maximum atomic E-state index is 12.2. The molecule has 296 valence electrons. The summed E-state index contributed by atoms with van der Waals surface area (Å²) in [6.45, 7) is 4.40. The largest absolute Gasteiger partial charge is 2.00 e. The van der Waals surface area contributed by atoms with E-state index in [0.29, 0.717) is 35.0 Å². The first-order valence-electron chi connectivity index (χ1n) is 18.9. The zero-order valence-electron chi connectivity index (χ0n) is 32.1. The summed E-state index contributed by atoms with van der Waals surface area (Å²) in [7, 11) is -8.71. The summed E-state index contributed by atoms with van der Waals surface area (Å²) >= 11 is 0. The van der Waals surface area contributed by atoms with Crippen molar-refractivity contribution in [2.45, 2.75) is 126 Å². The molecule has 0 unspecified atom stereocenters. The van der Waals surface area contributed by atoms with E-state index in [-0.39, 0.29) is 59.0 Å². The van der Waals surface area contributed by atoms with Crippen molar-refractivity contribution in [3.05, 3.63) is 96.1 Å². The van der Waals surface area contributed by atoms with E-state index in [0.717, 1.165) is 37.7 Å². The summed E-state index contributed by atoms with van der Waals surface area (Å²) in [5.41, 5.74) is 1.39. The van der Waals surface area contributed by atoms with Gasteiger partial charge in [0.25, 0.3) is 10.1 Å². The third-order valence-corrected chi connectivity index (χ3v) is 10.7. The summed E-state index contributed by atoms with van der Waals surface area (Å²) in [5, 5.41) is 22.4. The molecule has 4 aromatic rings. The van der Waals surface area contributed by atoms with Gasteiger partial charge < -0.3 is 24.2 Å². The van der Waals surface area contributed by atoms with Crippen LogP contribution < -0.4 is 14.6 Å². The van der Waals surface area contributed by atoms with E-state index in [2.05, 4.69) is 13.8 Å². The van der Waals surface area contributed by atoms with Gasteiger partial charge in [0, 0.05) is 5.56 Å². The minimum Gasteiger partial charge on any atom is -0.872 e. The van der Waals surface area contributed by atoms with Crippen molar-refractivity contribution >= 4 is 58.0 Å². The van der Waals surface area contributed by atoms with Crippen LogP contribution in [0.25, 0.3) is 0 Å². The summed E-state index contributed by atoms with van der Waals surface area (Å²) in [5.74, 6) is 2.00. The number of phenols is 1. The molecule has 0 fully saturated rings. The van der Waals surface area contributed by atoms with Gasteiger partial charge in [-0.05, 0) is 98.0 Å². The average molecular weight is 823 g/mol. The quantitative estimate of drug-likeness (QED) is 0.0441. The van der Waals surface area contributed by atoms with Crippen LogP contribution in [0, 0.1) is 0 Å². The Balaban J connectivity index is 0.000000373. The van der Waals surface area contributed by atoms with Gasteiger partial charge in [0.2, 0.25) is 0 Å². The fourth-order valence-corrected chi connectivity index (χ4v) is 6.86. The Kier molecular flexibility index (Phi) is 22.3. The zero-order valence-corrected chi connectivity index (χ0v) is 35.9. The number of ether oxygens (including phenoxy) is 2. The molecule has 0 amide bonds. The van der Waals surface area contributed by atoms with Gasteiger partial charge in [-0.1, -0.05) is 109 Å². The second-order valence-electron chi connectivity index (χ2n) is 13.3. The fraction of sp³-hybridized carbons (Fsp3) is 0.429. The van der Waals surface area contributed by atoms with Gasteiger partial charge in [-0.25, -0.2) is 8.42 Å². The Morgan fingerprint density at radius 3 is 1.40 bits per heavy atom. The first-order valence-corrected chi connectivity index (χ1v) is 21.8. The van der Waals surface area contributed by atoms with Crippen molar-refractivity contribution in [3.8, 4) is 34.5 Å². The van der Waals surface area contributed by atoms with Gasteiger partial charge in [0.1, 0.15) is 38.9 Å². The molecule has 10 nitrogen and oxygen atoms in total. The molecule has 13 heteroatoms. The maximum absolute atomic E-state index is 12.2. The van der Waals surface area contributed by atoms with Crippen LogP contribution in [0.15, 0.2) is 94.7 Å². The molecule has 0 aliphatic heterocycles. The molecule has 0 bridgehead atoms. The van der Waals surface area contributed by atoms with E-state index in [1.807, 2.05) is 0 Å². The second kappa shape index (κ2) is 25.4. The van der Waals surface area contributed by atoms with Crippen molar-refractivity contribution in [2.75, 3.05) is 0 Å². The number of rotatable bonds is 22. The van der Waals surface area contributed by atoms with E-state index in [1.54, 1.807) is 30.3 Å². The van der Waals surface area contributed by atoms with Crippen molar-refractivity contribution in [1.82, 2.24) is 0 Å². The normalized spacial score (nSPS) is 11.3. The van der Waals surface area contributed by atoms with Crippen LogP contribution in [0.3, 0.4) is 0 Å². The predicted molar refractivity (Wildman–Crippen MR) is 214 cm³/mol. The molecule has 2 N–H and O–H groups in total. The molecule has 0 atom stereocenters. The minimum absolute atomic E-state index is 0.